The molecule has 1 aromatic carbocycles. The van der Waals surface area contributed by atoms with E-state index in [1.807, 2.05) is 61.5 Å². The first kappa shape index (κ1) is 26.4. The molecule has 1 atom stereocenters. The number of amides is 1. The number of carbonyl (C=O) groups excluding carboxylic acids is 1. The van der Waals surface area contributed by atoms with Crippen molar-refractivity contribution in [1.82, 2.24) is 34.1 Å². The first-order chi connectivity index (χ1) is 17.7. The van der Waals surface area contributed by atoms with E-state index in [4.69, 9.17) is 19.8 Å². The molecule has 1 amide bonds. The van der Waals surface area contributed by atoms with E-state index in [2.05, 4.69) is 22.2 Å². The van der Waals surface area contributed by atoms with E-state index in [1.165, 1.54) is 4.90 Å². The number of hydrogen-bond acceptors (Lipinski definition) is 8. The number of aryl methyl sites for hydroxylation is 1. The van der Waals surface area contributed by atoms with Gasteiger partial charge in [0.15, 0.2) is 0 Å². The summed E-state index contributed by atoms with van der Waals surface area (Å²) in [6.07, 6.45) is 3.62. The van der Waals surface area contributed by atoms with Gasteiger partial charge in [0, 0.05) is 37.3 Å². The number of quaternary nitrogens is 1. The number of hydrogen-bond donors (Lipinski definition) is 1. The zero-order valence-electron chi connectivity index (χ0n) is 21.7. The molecule has 4 aromatic rings. The van der Waals surface area contributed by atoms with Crippen LogP contribution in [0.2, 0.25) is 0 Å². The maximum absolute atomic E-state index is 10.6. The highest BCUT2D eigenvalue weighted by Gasteiger charge is 2.33. The molecule has 4 heterocycles. The predicted octanol–water partition coefficient (Wildman–Crippen LogP) is 3.60. The standard InChI is InChI=1S/C21H23N6OS.C5H9NO2/c1-5-26-13-18(19(25-26)28-4)27(2,3)21-22-12-11-16(24-21)17-14-29-20(23-17)15-9-7-6-8-10-15;1-6-3-2-4(7)5(6)8/h6-14H,5H2,1-4H3;4,7H,2-3H2,1H3/q+1;. The van der Waals surface area contributed by atoms with Crippen LogP contribution in [0.15, 0.2) is 54.2 Å². The monoisotopic (exact) mass is 522 g/mol. The lowest BCUT2D eigenvalue weighted by Gasteiger charge is -2.24. The molecule has 3 aromatic heterocycles. The van der Waals surface area contributed by atoms with Crippen molar-refractivity contribution in [3.05, 3.63) is 54.2 Å². The molecule has 1 aliphatic heterocycles. The van der Waals surface area contributed by atoms with Gasteiger partial charge in [-0.2, -0.15) is 9.97 Å². The Labute approximate surface area is 220 Å². The zero-order chi connectivity index (χ0) is 26.6. The molecule has 0 radical (unpaired) electrons. The van der Waals surface area contributed by atoms with Crippen molar-refractivity contribution in [1.29, 1.82) is 0 Å². The topological polar surface area (TPSA) is 106 Å². The molecule has 0 bridgehead atoms. The number of benzene rings is 1. The minimum Gasteiger partial charge on any atom is -0.476 e. The fourth-order valence-electron chi connectivity index (χ4n) is 3.86. The molecule has 0 aliphatic carbocycles. The highest BCUT2D eigenvalue weighted by atomic mass is 32.1. The van der Waals surface area contributed by atoms with Crippen LogP contribution in [0, 0.1) is 0 Å². The van der Waals surface area contributed by atoms with Crippen LogP contribution in [0.3, 0.4) is 0 Å². The summed E-state index contributed by atoms with van der Waals surface area (Å²) in [5.41, 5.74) is 3.64. The number of aromatic nitrogens is 5. The number of methoxy groups -OCH3 is 1. The maximum Gasteiger partial charge on any atom is 0.334 e. The third-order valence-electron chi connectivity index (χ3n) is 6.16. The Kier molecular flexibility index (Phi) is 7.96. The summed E-state index contributed by atoms with van der Waals surface area (Å²) in [7, 11) is 7.37. The lowest BCUT2D eigenvalue weighted by molar-refractivity contribution is -0.133. The molecule has 0 saturated carbocycles. The Morgan fingerprint density at radius 1 is 1.16 bits per heavy atom. The van der Waals surface area contributed by atoms with Gasteiger partial charge in [-0.15, -0.1) is 16.4 Å². The second kappa shape index (κ2) is 11.2. The molecule has 1 unspecified atom stereocenters. The van der Waals surface area contributed by atoms with E-state index in [0.717, 1.165) is 34.2 Å². The second-order valence-corrected chi connectivity index (χ2v) is 9.90. The molecule has 1 saturated heterocycles. The minimum absolute atomic E-state index is 0.148. The number of nitrogens with zero attached hydrogens (tertiary/aromatic N) is 7. The molecule has 37 heavy (non-hydrogen) atoms. The van der Waals surface area contributed by atoms with Gasteiger partial charge in [-0.3, -0.25) is 9.48 Å². The van der Waals surface area contributed by atoms with Crippen LogP contribution >= 0.6 is 11.3 Å². The smallest absolute Gasteiger partial charge is 0.334 e. The van der Waals surface area contributed by atoms with Crippen molar-refractivity contribution in [3.8, 4) is 27.8 Å². The van der Waals surface area contributed by atoms with Crippen LogP contribution in [0.5, 0.6) is 5.88 Å². The zero-order valence-corrected chi connectivity index (χ0v) is 22.5. The predicted molar refractivity (Wildman–Crippen MR) is 145 cm³/mol. The summed E-state index contributed by atoms with van der Waals surface area (Å²) in [4.78, 5) is 26.2. The van der Waals surface area contributed by atoms with Gasteiger partial charge in [0.05, 0.1) is 33.1 Å². The normalized spacial score (nSPS) is 15.5. The molecule has 0 spiro atoms. The van der Waals surface area contributed by atoms with E-state index >= 15 is 0 Å². The van der Waals surface area contributed by atoms with Crippen molar-refractivity contribution < 1.29 is 14.6 Å². The third-order valence-corrected chi connectivity index (χ3v) is 7.05. The fourth-order valence-corrected chi connectivity index (χ4v) is 4.68. The van der Waals surface area contributed by atoms with Crippen LogP contribution < -0.4 is 9.22 Å². The summed E-state index contributed by atoms with van der Waals surface area (Å²) < 4.78 is 7.65. The molecular formula is C26H32N7O3S+. The number of aliphatic hydroxyl groups excluding tert-OH is 1. The minimum atomic E-state index is -0.722. The fraction of sp³-hybridized carbons (Fsp3) is 0.346. The van der Waals surface area contributed by atoms with E-state index in [1.54, 1.807) is 31.7 Å². The van der Waals surface area contributed by atoms with E-state index in [0.29, 0.717) is 29.3 Å². The Morgan fingerprint density at radius 3 is 2.51 bits per heavy atom. The van der Waals surface area contributed by atoms with Gasteiger partial charge < -0.3 is 14.7 Å². The van der Waals surface area contributed by atoms with Crippen molar-refractivity contribution >= 4 is 28.9 Å². The lowest BCUT2D eigenvalue weighted by Crippen LogP contribution is -2.36. The Hall–Kier alpha value is -3.67. The SMILES string of the molecule is CCn1cc([N+](C)(C)c2nccc(-c3csc(-c4ccccc4)n3)n2)c(OC)n1.CN1CCC(O)C1=O. The van der Waals surface area contributed by atoms with Crippen LogP contribution in [-0.4, -0.2) is 81.5 Å². The van der Waals surface area contributed by atoms with Gasteiger partial charge in [-0.1, -0.05) is 30.3 Å². The summed E-state index contributed by atoms with van der Waals surface area (Å²) in [6, 6.07) is 12.0. The first-order valence-corrected chi connectivity index (χ1v) is 12.9. The van der Waals surface area contributed by atoms with E-state index in [-0.39, 0.29) is 5.91 Å². The molecule has 1 N–H and O–H groups in total. The number of carbonyl (C=O) groups is 1. The summed E-state index contributed by atoms with van der Waals surface area (Å²) in [5, 5.41) is 16.3. The summed E-state index contributed by atoms with van der Waals surface area (Å²) in [6.45, 7) is 3.50. The van der Waals surface area contributed by atoms with Crippen LogP contribution in [0.1, 0.15) is 13.3 Å². The summed E-state index contributed by atoms with van der Waals surface area (Å²) in [5.74, 6) is 1.07. The highest BCUT2D eigenvalue weighted by Crippen LogP contribution is 2.36. The van der Waals surface area contributed by atoms with Crippen molar-refractivity contribution in [2.24, 2.45) is 0 Å². The van der Waals surface area contributed by atoms with Crippen molar-refractivity contribution in [3.63, 3.8) is 0 Å². The van der Waals surface area contributed by atoms with Crippen molar-refractivity contribution in [2.75, 3.05) is 34.8 Å². The molecular weight excluding hydrogens is 490 g/mol. The average molecular weight is 523 g/mol. The Balaban J connectivity index is 0.000000342. The van der Waals surface area contributed by atoms with Gasteiger partial charge >= 0.3 is 5.95 Å². The molecule has 10 nitrogen and oxygen atoms in total. The van der Waals surface area contributed by atoms with Gasteiger partial charge in [0.25, 0.3) is 11.8 Å². The molecule has 1 fully saturated rings. The lowest BCUT2D eigenvalue weighted by atomic mass is 10.2. The molecule has 5 rings (SSSR count). The average Bonchev–Trinajstić information content (AvgIpc) is 3.66. The quantitative estimate of drug-likeness (QED) is 0.386. The van der Waals surface area contributed by atoms with Gasteiger partial charge in [-0.25, -0.2) is 9.47 Å². The van der Waals surface area contributed by atoms with Gasteiger partial charge in [-0.05, 0) is 19.4 Å². The molecule has 1 aliphatic rings. The molecule has 194 valence electrons. The largest absolute Gasteiger partial charge is 0.476 e. The number of thiazole rings is 1. The Morgan fingerprint density at radius 2 is 1.92 bits per heavy atom. The highest BCUT2D eigenvalue weighted by molar-refractivity contribution is 7.13. The van der Waals surface area contributed by atoms with Gasteiger partial charge in [0.1, 0.15) is 16.8 Å². The van der Waals surface area contributed by atoms with E-state index < -0.39 is 6.10 Å². The van der Waals surface area contributed by atoms with Crippen LogP contribution in [-0.2, 0) is 11.3 Å². The Bertz CT molecular complexity index is 1340. The number of likely N-dealkylation sites (tertiary alicyclic amines) is 1. The molecule has 11 heteroatoms. The van der Waals surface area contributed by atoms with Crippen molar-refractivity contribution in [2.45, 2.75) is 26.0 Å². The number of likely N-dealkylation sites (N-methyl/N-ethyl adjacent to an activating group) is 1. The summed E-state index contributed by atoms with van der Waals surface area (Å²) >= 11 is 1.61. The second-order valence-electron chi connectivity index (χ2n) is 9.04. The number of rotatable bonds is 6. The van der Waals surface area contributed by atoms with Crippen LogP contribution in [0.25, 0.3) is 22.0 Å². The number of ether oxygens (including phenoxy) is 1. The third kappa shape index (κ3) is 5.68. The number of aliphatic hydroxyl groups is 1. The van der Waals surface area contributed by atoms with E-state index in [9.17, 15) is 4.79 Å². The van der Waals surface area contributed by atoms with Gasteiger partial charge in [0.2, 0.25) is 5.69 Å². The first-order valence-electron chi connectivity index (χ1n) is 12.0. The van der Waals surface area contributed by atoms with Crippen LogP contribution in [0.4, 0.5) is 11.6 Å². The maximum atomic E-state index is 10.6.